The molecule has 0 saturated carbocycles. The molecule has 0 aliphatic rings. The highest BCUT2D eigenvalue weighted by Gasteiger charge is 2.27. The number of rotatable bonds is 8. The Bertz CT molecular complexity index is 1740. The quantitative estimate of drug-likeness (QED) is 0.238. The van der Waals surface area contributed by atoms with Crippen molar-refractivity contribution in [3.8, 4) is 0 Å². The molecule has 5 aromatic rings. The Balaban J connectivity index is 1.45. The molecule has 8 heteroatoms. The van der Waals surface area contributed by atoms with Gasteiger partial charge in [-0.2, -0.15) is 4.31 Å². The average molecular weight is 546 g/mol. The Morgan fingerprint density at radius 1 is 0.895 bits per heavy atom. The molecule has 0 unspecified atom stereocenters. The average Bonchev–Trinajstić information content (AvgIpc) is 3.22. The molecule has 4 aromatic carbocycles. The first-order valence-electron chi connectivity index (χ1n) is 12.4. The number of aryl methyl sites for hydroxylation is 2. The van der Waals surface area contributed by atoms with Crippen LogP contribution in [0.15, 0.2) is 95.9 Å². The van der Waals surface area contributed by atoms with Crippen LogP contribution in [0.5, 0.6) is 0 Å². The van der Waals surface area contributed by atoms with E-state index in [0.29, 0.717) is 16.3 Å². The molecule has 6 nitrogen and oxygen atoms in total. The third-order valence-electron chi connectivity index (χ3n) is 6.66. The number of anilines is 1. The molecule has 0 bridgehead atoms. The van der Waals surface area contributed by atoms with Crippen LogP contribution in [0.1, 0.15) is 18.1 Å². The van der Waals surface area contributed by atoms with E-state index in [4.69, 9.17) is 11.6 Å². The maximum absolute atomic E-state index is 13.6. The molecule has 0 radical (unpaired) electrons. The summed E-state index contributed by atoms with van der Waals surface area (Å²) in [7, 11) is -3.97. The second-order valence-corrected chi connectivity index (χ2v) is 11.6. The van der Waals surface area contributed by atoms with Crippen molar-refractivity contribution < 1.29 is 13.2 Å². The van der Waals surface area contributed by atoms with E-state index in [0.717, 1.165) is 38.2 Å². The molecule has 0 atom stereocenters. The van der Waals surface area contributed by atoms with Gasteiger partial charge in [-0.15, -0.1) is 0 Å². The van der Waals surface area contributed by atoms with E-state index in [1.165, 1.54) is 0 Å². The van der Waals surface area contributed by atoms with Crippen LogP contribution in [0, 0.1) is 6.92 Å². The highest BCUT2D eigenvalue weighted by molar-refractivity contribution is 7.89. The van der Waals surface area contributed by atoms with Crippen LogP contribution < -0.4 is 5.32 Å². The van der Waals surface area contributed by atoms with Gasteiger partial charge in [-0.3, -0.25) is 4.79 Å². The van der Waals surface area contributed by atoms with Gasteiger partial charge in [0.05, 0.1) is 11.4 Å². The van der Waals surface area contributed by atoms with Gasteiger partial charge in [0.1, 0.15) is 0 Å². The zero-order chi connectivity index (χ0) is 26.9. The van der Waals surface area contributed by atoms with Crippen molar-refractivity contribution in [1.82, 2.24) is 8.87 Å². The Morgan fingerprint density at radius 2 is 1.58 bits per heavy atom. The smallest absolute Gasteiger partial charge is 0.243 e. The van der Waals surface area contributed by atoms with Crippen LogP contribution in [0.4, 0.5) is 5.69 Å². The molecule has 1 heterocycles. The van der Waals surface area contributed by atoms with E-state index >= 15 is 0 Å². The molecule has 0 fully saturated rings. The monoisotopic (exact) mass is 545 g/mol. The second-order valence-electron chi connectivity index (χ2n) is 9.22. The fourth-order valence-corrected chi connectivity index (χ4v) is 6.30. The van der Waals surface area contributed by atoms with Crippen molar-refractivity contribution in [3.05, 3.63) is 107 Å². The summed E-state index contributed by atoms with van der Waals surface area (Å²) in [4.78, 5) is 13.4. The van der Waals surface area contributed by atoms with E-state index in [1.807, 2.05) is 37.3 Å². The largest absolute Gasteiger partial charge is 0.341 e. The van der Waals surface area contributed by atoms with Crippen LogP contribution in [-0.4, -0.2) is 29.7 Å². The van der Waals surface area contributed by atoms with E-state index in [-0.39, 0.29) is 18.0 Å². The number of para-hydroxylation sites is 1. The number of carbonyl (C=O) groups is 1. The highest BCUT2D eigenvalue weighted by Crippen LogP contribution is 2.31. The first-order chi connectivity index (χ1) is 18.3. The molecule has 1 aromatic heterocycles. The topological polar surface area (TPSA) is 71.4 Å². The summed E-state index contributed by atoms with van der Waals surface area (Å²) in [5.41, 5.74) is 4.37. The van der Waals surface area contributed by atoms with Crippen molar-refractivity contribution in [2.75, 3.05) is 11.9 Å². The van der Waals surface area contributed by atoms with Gasteiger partial charge in [0.2, 0.25) is 15.9 Å². The molecular weight excluding hydrogens is 518 g/mol. The molecule has 194 valence electrons. The first-order valence-corrected chi connectivity index (χ1v) is 14.2. The summed E-state index contributed by atoms with van der Waals surface area (Å²) in [5, 5.41) is 5.47. The minimum Gasteiger partial charge on any atom is -0.341 e. The number of amides is 1. The van der Waals surface area contributed by atoms with Gasteiger partial charge in [-0.05, 0) is 61.9 Å². The van der Waals surface area contributed by atoms with E-state index in [1.54, 1.807) is 48.5 Å². The van der Waals surface area contributed by atoms with Crippen molar-refractivity contribution in [3.63, 3.8) is 0 Å². The van der Waals surface area contributed by atoms with Crippen LogP contribution in [-0.2, 0) is 27.9 Å². The van der Waals surface area contributed by atoms with Gasteiger partial charge in [-0.25, -0.2) is 8.42 Å². The Kier molecular flexibility index (Phi) is 7.25. The molecule has 5 rings (SSSR count). The fraction of sp³-hybridized carbons (Fsp3) is 0.167. The maximum Gasteiger partial charge on any atom is 0.243 e. The number of hydrogen-bond acceptors (Lipinski definition) is 3. The third-order valence-corrected chi connectivity index (χ3v) is 8.83. The maximum atomic E-state index is 13.6. The number of hydrogen-bond donors (Lipinski definition) is 1. The number of aromatic nitrogens is 1. The number of fused-ring (bicyclic) bond motifs is 3. The van der Waals surface area contributed by atoms with E-state index in [9.17, 15) is 13.2 Å². The summed E-state index contributed by atoms with van der Waals surface area (Å²) >= 11 is 6.34. The Labute approximate surface area is 227 Å². The van der Waals surface area contributed by atoms with Gasteiger partial charge in [0.25, 0.3) is 0 Å². The molecular formula is C30H28ClN3O3S. The fourth-order valence-electron chi connectivity index (χ4n) is 4.73. The number of nitrogens with one attached hydrogen (secondary N) is 1. The van der Waals surface area contributed by atoms with Gasteiger partial charge in [-0.1, -0.05) is 65.7 Å². The van der Waals surface area contributed by atoms with Crippen molar-refractivity contribution in [1.29, 1.82) is 0 Å². The SMILES string of the molecule is CCn1c2ccccc2c2cc(NC(=O)CN(Cc3ccccc3Cl)S(=O)(=O)c3ccc(C)cc3)ccc21. The zero-order valence-corrected chi connectivity index (χ0v) is 22.8. The zero-order valence-electron chi connectivity index (χ0n) is 21.2. The first kappa shape index (κ1) is 26.0. The lowest BCUT2D eigenvalue weighted by atomic mass is 10.1. The van der Waals surface area contributed by atoms with Crippen LogP contribution in [0.25, 0.3) is 21.8 Å². The van der Waals surface area contributed by atoms with Crippen molar-refractivity contribution in [2.24, 2.45) is 0 Å². The summed E-state index contributed by atoms with van der Waals surface area (Å²) in [6.45, 7) is 4.41. The summed E-state index contributed by atoms with van der Waals surface area (Å²) in [6, 6.07) is 27.5. The number of benzene rings is 4. The number of nitrogens with zero attached hydrogens (tertiary/aromatic N) is 2. The highest BCUT2D eigenvalue weighted by atomic mass is 35.5. The lowest BCUT2D eigenvalue weighted by Crippen LogP contribution is -2.37. The predicted molar refractivity (Wildman–Crippen MR) is 154 cm³/mol. The van der Waals surface area contributed by atoms with Gasteiger partial charge >= 0.3 is 0 Å². The lowest BCUT2D eigenvalue weighted by Gasteiger charge is -2.22. The third kappa shape index (κ3) is 5.05. The summed E-state index contributed by atoms with van der Waals surface area (Å²) in [5.74, 6) is -0.439. The van der Waals surface area contributed by atoms with E-state index in [2.05, 4.69) is 28.9 Å². The van der Waals surface area contributed by atoms with Crippen molar-refractivity contribution >= 4 is 55.0 Å². The normalized spacial score (nSPS) is 11.9. The molecule has 0 spiro atoms. The molecule has 38 heavy (non-hydrogen) atoms. The van der Waals surface area contributed by atoms with Crippen LogP contribution >= 0.6 is 11.6 Å². The van der Waals surface area contributed by atoms with Gasteiger partial charge < -0.3 is 9.88 Å². The van der Waals surface area contributed by atoms with Gasteiger partial charge in [0, 0.05) is 45.6 Å². The minimum atomic E-state index is -3.97. The molecule has 1 N–H and O–H groups in total. The minimum absolute atomic E-state index is 0.0354. The molecule has 0 aliphatic carbocycles. The second kappa shape index (κ2) is 10.6. The Morgan fingerprint density at radius 3 is 2.32 bits per heavy atom. The molecule has 0 aliphatic heterocycles. The molecule has 1 amide bonds. The van der Waals surface area contributed by atoms with Crippen molar-refractivity contribution in [2.45, 2.75) is 31.8 Å². The Hall–Kier alpha value is -3.65. The van der Waals surface area contributed by atoms with E-state index < -0.39 is 15.9 Å². The van der Waals surface area contributed by atoms with Crippen LogP contribution in [0.2, 0.25) is 5.02 Å². The number of halogens is 1. The molecule has 0 saturated heterocycles. The standard InChI is InChI=1S/C30H28ClN3O3S/c1-3-34-28-11-7-5-9-25(28)26-18-23(14-17-29(26)34)32-30(35)20-33(19-22-8-4-6-10-27(22)31)38(36,37)24-15-12-21(2)13-16-24/h4-18H,3,19-20H2,1-2H3,(H,32,35). The predicted octanol–water partition coefficient (Wildman–Crippen LogP) is 6.61. The number of carbonyl (C=O) groups excluding carboxylic acids is 1. The number of sulfonamides is 1. The van der Waals surface area contributed by atoms with Gasteiger partial charge in [0.15, 0.2) is 0 Å². The summed E-state index contributed by atoms with van der Waals surface area (Å²) in [6.07, 6.45) is 0. The summed E-state index contributed by atoms with van der Waals surface area (Å²) < 4.78 is 30.6. The van der Waals surface area contributed by atoms with Crippen LogP contribution in [0.3, 0.4) is 0 Å². The lowest BCUT2D eigenvalue weighted by molar-refractivity contribution is -0.116.